The standard InChI is InChI=1S/C29H30FN5O4/c1-15(31-27(38)28-12-29(30,13-28)14-28)20-7-6-18-8-21(34(25(18)32-20)11-17-4-5-17)24-16(2)35-22(33-24)9-19(26(36)37)10-23(35)39-3/h6-10,15,17H,4-5,11-14H2,1-3H3,(H,31,38)(H,36,37)/t15-,28?,29?/m1/s1. The number of aromatic carboxylic acids is 1. The molecule has 1 amide bonds. The number of aryl methyl sites for hydroxylation is 1. The number of pyridine rings is 2. The highest BCUT2D eigenvalue weighted by Gasteiger charge is 2.72. The Labute approximate surface area is 224 Å². The number of carboxylic acids is 1. The van der Waals surface area contributed by atoms with E-state index in [2.05, 4.69) is 16.0 Å². The number of fused-ring (bicyclic) bond motifs is 2. The molecular weight excluding hydrogens is 501 g/mol. The molecule has 4 aliphatic carbocycles. The molecule has 4 aromatic rings. The van der Waals surface area contributed by atoms with Gasteiger partial charge in [0.2, 0.25) is 5.91 Å². The van der Waals surface area contributed by atoms with Gasteiger partial charge in [0.15, 0.2) is 5.88 Å². The maximum absolute atomic E-state index is 14.0. The van der Waals surface area contributed by atoms with Crippen LogP contribution in [0.15, 0.2) is 30.3 Å². The number of carbonyl (C=O) groups is 2. The third-order valence-corrected chi connectivity index (χ3v) is 8.76. The number of amides is 1. The second kappa shape index (κ2) is 8.03. The van der Waals surface area contributed by atoms with Crippen molar-refractivity contribution in [3.8, 4) is 17.3 Å². The van der Waals surface area contributed by atoms with E-state index >= 15 is 0 Å². The van der Waals surface area contributed by atoms with Crippen LogP contribution in [0.3, 0.4) is 0 Å². The number of carbonyl (C=O) groups excluding carboxylic acids is 1. The second-order valence-electron chi connectivity index (χ2n) is 11.7. The normalized spacial score (nSPS) is 24.3. The minimum absolute atomic E-state index is 0.0829. The van der Waals surface area contributed by atoms with E-state index < -0.39 is 17.1 Å². The van der Waals surface area contributed by atoms with Crippen LogP contribution in [0.4, 0.5) is 4.39 Å². The molecule has 0 radical (unpaired) electrons. The molecule has 39 heavy (non-hydrogen) atoms. The lowest BCUT2D eigenvalue weighted by molar-refractivity contribution is -0.214. The quantitative estimate of drug-likeness (QED) is 0.337. The molecule has 0 unspecified atom stereocenters. The Kier molecular flexibility index (Phi) is 4.97. The Morgan fingerprint density at radius 3 is 2.59 bits per heavy atom. The lowest BCUT2D eigenvalue weighted by atomic mass is 9.42. The molecule has 8 rings (SSSR count). The second-order valence-corrected chi connectivity index (χ2v) is 11.7. The highest BCUT2D eigenvalue weighted by molar-refractivity contribution is 5.90. The van der Waals surface area contributed by atoms with Crippen LogP contribution in [0.5, 0.6) is 5.88 Å². The number of rotatable bonds is 8. The van der Waals surface area contributed by atoms with Crippen molar-refractivity contribution in [2.24, 2.45) is 11.3 Å². The number of imidazole rings is 1. The molecule has 0 spiro atoms. The molecule has 4 saturated carbocycles. The Hall–Kier alpha value is -3.95. The molecule has 2 bridgehead atoms. The van der Waals surface area contributed by atoms with Gasteiger partial charge in [-0.3, -0.25) is 9.20 Å². The van der Waals surface area contributed by atoms with Crippen molar-refractivity contribution in [2.45, 2.75) is 64.2 Å². The molecule has 4 heterocycles. The van der Waals surface area contributed by atoms with Crippen molar-refractivity contribution < 1.29 is 23.8 Å². The van der Waals surface area contributed by atoms with Gasteiger partial charge in [-0.15, -0.1) is 0 Å². The molecular formula is C29H30FN5O4. The Balaban J connectivity index is 1.29. The van der Waals surface area contributed by atoms with Crippen LogP contribution in [0.25, 0.3) is 28.1 Å². The average Bonchev–Trinajstić information content (AvgIpc) is 3.54. The van der Waals surface area contributed by atoms with Crippen molar-refractivity contribution in [1.82, 2.24) is 24.3 Å². The van der Waals surface area contributed by atoms with Crippen LogP contribution < -0.4 is 10.1 Å². The summed E-state index contributed by atoms with van der Waals surface area (Å²) in [6, 6.07) is 8.74. The molecule has 4 fully saturated rings. The summed E-state index contributed by atoms with van der Waals surface area (Å²) in [7, 11) is 1.51. The smallest absolute Gasteiger partial charge is 0.336 e. The van der Waals surface area contributed by atoms with Crippen molar-refractivity contribution in [3.63, 3.8) is 0 Å². The van der Waals surface area contributed by atoms with Crippen LogP contribution in [-0.2, 0) is 11.3 Å². The molecule has 1 atom stereocenters. The number of carboxylic acid groups (broad SMARTS) is 1. The van der Waals surface area contributed by atoms with E-state index in [1.165, 1.54) is 13.2 Å². The molecule has 0 saturated heterocycles. The first-order valence-electron chi connectivity index (χ1n) is 13.4. The summed E-state index contributed by atoms with van der Waals surface area (Å²) in [4.78, 5) is 34.4. The first-order valence-corrected chi connectivity index (χ1v) is 13.4. The van der Waals surface area contributed by atoms with Gasteiger partial charge in [0, 0.05) is 18.0 Å². The van der Waals surface area contributed by atoms with E-state index in [0.29, 0.717) is 36.7 Å². The lowest BCUT2D eigenvalue weighted by Crippen LogP contribution is -2.70. The van der Waals surface area contributed by atoms with E-state index in [4.69, 9.17) is 14.7 Å². The minimum Gasteiger partial charge on any atom is -0.482 e. The number of hydrogen-bond acceptors (Lipinski definition) is 5. The van der Waals surface area contributed by atoms with Gasteiger partial charge in [-0.1, -0.05) is 0 Å². The topological polar surface area (TPSA) is 111 Å². The van der Waals surface area contributed by atoms with Gasteiger partial charge in [-0.05, 0) is 76.1 Å². The zero-order valence-electron chi connectivity index (χ0n) is 22.1. The zero-order valence-corrected chi connectivity index (χ0v) is 22.1. The molecule has 4 aliphatic rings. The number of nitrogens with one attached hydrogen (secondary N) is 1. The van der Waals surface area contributed by atoms with E-state index in [1.54, 1.807) is 6.07 Å². The van der Waals surface area contributed by atoms with Crippen molar-refractivity contribution in [3.05, 3.63) is 47.3 Å². The Morgan fingerprint density at radius 1 is 1.21 bits per heavy atom. The van der Waals surface area contributed by atoms with E-state index in [0.717, 1.165) is 53.2 Å². The summed E-state index contributed by atoms with van der Waals surface area (Å²) in [5.41, 5.74) is 3.00. The van der Waals surface area contributed by atoms with Gasteiger partial charge in [0.25, 0.3) is 0 Å². The largest absolute Gasteiger partial charge is 0.482 e. The maximum Gasteiger partial charge on any atom is 0.336 e. The predicted molar refractivity (Wildman–Crippen MR) is 142 cm³/mol. The Morgan fingerprint density at radius 2 is 1.95 bits per heavy atom. The first kappa shape index (κ1) is 24.1. The molecule has 2 N–H and O–H groups in total. The highest BCUT2D eigenvalue weighted by atomic mass is 19.1. The zero-order chi connectivity index (χ0) is 27.3. The van der Waals surface area contributed by atoms with E-state index in [9.17, 15) is 19.1 Å². The summed E-state index contributed by atoms with van der Waals surface area (Å²) < 4.78 is 23.5. The third-order valence-electron chi connectivity index (χ3n) is 8.76. The van der Waals surface area contributed by atoms with Gasteiger partial charge in [-0.2, -0.15) is 0 Å². The average molecular weight is 532 g/mol. The number of methoxy groups -OCH3 is 1. The lowest BCUT2D eigenvalue weighted by Gasteiger charge is -2.64. The predicted octanol–water partition coefficient (Wildman–Crippen LogP) is 4.85. The fourth-order valence-corrected chi connectivity index (χ4v) is 6.44. The summed E-state index contributed by atoms with van der Waals surface area (Å²) >= 11 is 0. The maximum atomic E-state index is 14.0. The minimum atomic E-state index is -1.12. The van der Waals surface area contributed by atoms with Crippen LogP contribution in [0.2, 0.25) is 0 Å². The Bertz CT molecular complexity index is 1680. The number of nitrogens with zero attached hydrogens (tertiary/aromatic N) is 4. The van der Waals surface area contributed by atoms with Crippen LogP contribution in [0.1, 0.15) is 66.8 Å². The highest BCUT2D eigenvalue weighted by Crippen LogP contribution is 2.69. The summed E-state index contributed by atoms with van der Waals surface area (Å²) in [5, 5.41) is 13.6. The summed E-state index contributed by atoms with van der Waals surface area (Å²) in [6.45, 7) is 4.65. The van der Waals surface area contributed by atoms with Gasteiger partial charge >= 0.3 is 5.97 Å². The molecule has 202 valence electrons. The van der Waals surface area contributed by atoms with Crippen molar-refractivity contribution in [1.29, 1.82) is 0 Å². The SMILES string of the molecule is COc1cc(C(=O)O)cc2nc(-c3cc4ccc([C@@H](C)NC(=O)C56CC(F)(C5)C6)nc4n3CC3CC3)c(C)n12. The first-order chi connectivity index (χ1) is 18.6. The molecule has 0 aromatic carbocycles. The summed E-state index contributed by atoms with van der Waals surface area (Å²) in [6.07, 6.45) is 3.30. The van der Waals surface area contributed by atoms with Crippen LogP contribution in [-0.4, -0.2) is 48.7 Å². The molecule has 0 aliphatic heterocycles. The molecule has 9 nitrogen and oxygen atoms in total. The summed E-state index contributed by atoms with van der Waals surface area (Å²) in [5.74, 6) is -0.166. The van der Waals surface area contributed by atoms with Crippen LogP contribution >= 0.6 is 0 Å². The van der Waals surface area contributed by atoms with E-state index in [1.807, 2.05) is 30.4 Å². The number of alkyl halides is 1. The third kappa shape index (κ3) is 3.64. The fourth-order valence-electron chi connectivity index (χ4n) is 6.44. The van der Waals surface area contributed by atoms with Gasteiger partial charge in [-0.25, -0.2) is 19.2 Å². The van der Waals surface area contributed by atoms with Gasteiger partial charge < -0.3 is 19.7 Å². The number of aromatic nitrogens is 4. The van der Waals surface area contributed by atoms with Crippen LogP contribution in [0, 0.1) is 18.3 Å². The fraction of sp³-hybridized carbons (Fsp3) is 0.448. The van der Waals surface area contributed by atoms with Crippen molar-refractivity contribution in [2.75, 3.05) is 7.11 Å². The molecule has 10 heteroatoms. The van der Waals surface area contributed by atoms with Crippen molar-refractivity contribution >= 4 is 28.6 Å². The van der Waals surface area contributed by atoms with Gasteiger partial charge in [0.1, 0.15) is 22.7 Å². The number of ether oxygens (including phenoxy) is 1. The monoisotopic (exact) mass is 531 g/mol. The number of hydrogen-bond donors (Lipinski definition) is 2. The van der Waals surface area contributed by atoms with E-state index in [-0.39, 0.29) is 17.5 Å². The van der Waals surface area contributed by atoms with Gasteiger partial charge in [0.05, 0.1) is 41.2 Å². The number of halogens is 1. The molecule has 4 aromatic heterocycles.